The van der Waals surface area contributed by atoms with Gasteiger partial charge in [-0.3, -0.25) is 9.59 Å². The highest BCUT2D eigenvalue weighted by molar-refractivity contribution is 5.95. The first-order chi connectivity index (χ1) is 13.1. The molecule has 4 rings (SSSR count). The van der Waals surface area contributed by atoms with Crippen molar-refractivity contribution in [3.63, 3.8) is 0 Å². The summed E-state index contributed by atoms with van der Waals surface area (Å²) in [5.41, 5.74) is 1.38. The highest BCUT2D eigenvalue weighted by Gasteiger charge is 2.20. The van der Waals surface area contributed by atoms with E-state index in [0.717, 1.165) is 29.4 Å². The third-order valence-electron chi connectivity index (χ3n) is 5.07. The van der Waals surface area contributed by atoms with Gasteiger partial charge < -0.3 is 9.80 Å². The van der Waals surface area contributed by atoms with Crippen molar-refractivity contribution in [1.82, 2.24) is 19.6 Å². The van der Waals surface area contributed by atoms with E-state index in [-0.39, 0.29) is 18.0 Å². The summed E-state index contributed by atoms with van der Waals surface area (Å²) in [4.78, 5) is 28.8. The molecule has 2 aromatic carbocycles. The van der Waals surface area contributed by atoms with Crippen molar-refractivity contribution >= 4 is 16.7 Å². The number of carbonyl (C=O) groups excluding carboxylic acids is 1. The van der Waals surface area contributed by atoms with E-state index in [1.807, 2.05) is 49.5 Å². The van der Waals surface area contributed by atoms with Gasteiger partial charge in [0, 0.05) is 37.8 Å². The zero-order valence-electron chi connectivity index (χ0n) is 15.3. The van der Waals surface area contributed by atoms with Gasteiger partial charge in [0.25, 0.3) is 5.56 Å². The van der Waals surface area contributed by atoms with Crippen LogP contribution in [0.1, 0.15) is 0 Å². The summed E-state index contributed by atoms with van der Waals surface area (Å²) >= 11 is 0. The highest BCUT2D eigenvalue weighted by atomic mass is 16.2. The molecule has 1 fully saturated rings. The predicted octanol–water partition coefficient (Wildman–Crippen LogP) is 1.84. The van der Waals surface area contributed by atoms with E-state index in [9.17, 15) is 9.59 Å². The summed E-state index contributed by atoms with van der Waals surface area (Å²) in [5.74, 6) is -0.0623. The number of benzene rings is 2. The Balaban J connectivity index is 1.64. The SMILES string of the molecule is CN1CCN(C(=O)Cn2nc(-c3cccc4ccccc34)ccc2=O)CC1. The van der Waals surface area contributed by atoms with E-state index in [2.05, 4.69) is 10.00 Å². The first-order valence-corrected chi connectivity index (χ1v) is 9.14. The Kier molecular flexibility index (Phi) is 4.73. The van der Waals surface area contributed by atoms with Crippen molar-refractivity contribution in [2.75, 3.05) is 33.2 Å². The molecule has 0 bridgehead atoms. The number of rotatable bonds is 3. The number of piperazine rings is 1. The van der Waals surface area contributed by atoms with E-state index in [0.29, 0.717) is 18.8 Å². The second-order valence-corrected chi connectivity index (χ2v) is 6.93. The van der Waals surface area contributed by atoms with Gasteiger partial charge in [-0.2, -0.15) is 5.10 Å². The van der Waals surface area contributed by atoms with Gasteiger partial charge in [-0.1, -0.05) is 42.5 Å². The molecule has 0 spiro atoms. The van der Waals surface area contributed by atoms with Crippen LogP contribution in [-0.4, -0.2) is 58.7 Å². The van der Waals surface area contributed by atoms with Crippen molar-refractivity contribution in [2.24, 2.45) is 0 Å². The summed E-state index contributed by atoms with van der Waals surface area (Å²) in [5, 5.41) is 6.67. The van der Waals surface area contributed by atoms with Crippen LogP contribution < -0.4 is 5.56 Å². The van der Waals surface area contributed by atoms with Crippen LogP contribution in [0.4, 0.5) is 0 Å². The van der Waals surface area contributed by atoms with Crippen molar-refractivity contribution in [1.29, 1.82) is 0 Å². The predicted molar refractivity (Wildman–Crippen MR) is 106 cm³/mol. The molecule has 0 atom stereocenters. The maximum absolute atomic E-state index is 12.6. The zero-order valence-corrected chi connectivity index (χ0v) is 15.3. The van der Waals surface area contributed by atoms with Gasteiger partial charge in [0.15, 0.2) is 0 Å². The first kappa shape index (κ1) is 17.4. The topological polar surface area (TPSA) is 58.4 Å². The molecule has 1 aliphatic rings. The fraction of sp³-hybridized carbons (Fsp3) is 0.286. The largest absolute Gasteiger partial charge is 0.339 e. The highest BCUT2D eigenvalue weighted by Crippen LogP contribution is 2.26. The molecule has 6 heteroatoms. The molecule has 1 amide bonds. The standard InChI is InChI=1S/C21H22N4O2/c1-23-11-13-24(14-12-23)21(27)15-25-20(26)10-9-19(22-25)18-8-4-6-16-5-2-3-7-17(16)18/h2-10H,11-15H2,1H3. The number of fused-ring (bicyclic) bond motifs is 1. The van der Waals surface area contributed by atoms with E-state index in [4.69, 9.17) is 0 Å². The average Bonchev–Trinajstić information content (AvgIpc) is 2.70. The van der Waals surface area contributed by atoms with Crippen molar-refractivity contribution in [3.8, 4) is 11.3 Å². The lowest BCUT2D eigenvalue weighted by molar-refractivity contribution is -0.133. The van der Waals surface area contributed by atoms with Crippen LogP contribution in [-0.2, 0) is 11.3 Å². The Morgan fingerprint density at radius 1 is 0.963 bits per heavy atom. The molecule has 2 heterocycles. The lowest BCUT2D eigenvalue weighted by Gasteiger charge is -2.32. The number of likely N-dealkylation sites (N-methyl/N-ethyl adjacent to an activating group) is 1. The molecule has 1 aliphatic heterocycles. The summed E-state index contributed by atoms with van der Waals surface area (Å²) < 4.78 is 1.28. The first-order valence-electron chi connectivity index (χ1n) is 9.14. The van der Waals surface area contributed by atoms with Crippen molar-refractivity contribution in [2.45, 2.75) is 6.54 Å². The fourth-order valence-electron chi connectivity index (χ4n) is 3.44. The minimum absolute atomic E-state index is 0.0266. The molecule has 0 unspecified atom stereocenters. The Hall–Kier alpha value is -2.99. The molecule has 6 nitrogen and oxygen atoms in total. The third kappa shape index (κ3) is 3.61. The maximum atomic E-state index is 12.6. The molecule has 1 saturated heterocycles. The fourth-order valence-corrected chi connectivity index (χ4v) is 3.44. The Morgan fingerprint density at radius 3 is 2.52 bits per heavy atom. The summed E-state index contributed by atoms with van der Waals surface area (Å²) in [6, 6.07) is 17.3. The van der Waals surface area contributed by atoms with E-state index >= 15 is 0 Å². The van der Waals surface area contributed by atoms with Gasteiger partial charge in [0.05, 0.1) is 5.69 Å². The van der Waals surface area contributed by atoms with Crippen molar-refractivity contribution in [3.05, 3.63) is 65.0 Å². The van der Waals surface area contributed by atoms with Gasteiger partial charge in [0.2, 0.25) is 5.91 Å². The lowest BCUT2D eigenvalue weighted by Crippen LogP contribution is -2.48. The van der Waals surface area contributed by atoms with Crippen LogP contribution in [0.15, 0.2) is 59.4 Å². The number of aromatic nitrogens is 2. The second-order valence-electron chi connectivity index (χ2n) is 6.93. The molecule has 27 heavy (non-hydrogen) atoms. The molecule has 0 aliphatic carbocycles. The third-order valence-corrected chi connectivity index (χ3v) is 5.07. The van der Waals surface area contributed by atoms with Crippen LogP contribution in [0.3, 0.4) is 0 Å². The average molecular weight is 362 g/mol. The monoisotopic (exact) mass is 362 g/mol. The zero-order chi connectivity index (χ0) is 18.8. The van der Waals surface area contributed by atoms with Gasteiger partial charge in [-0.05, 0) is 23.9 Å². The van der Waals surface area contributed by atoms with Crippen LogP contribution in [0.2, 0.25) is 0 Å². The molecule has 0 saturated carbocycles. The normalized spacial score (nSPS) is 15.2. The quantitative estimate of drug-likeness (QED) is 0.713. The number of hydrogen-bond donors (Lipinski definition) is 0. The number of nitrogens with zero attached hydrogens (tertiary/aromatic N) is 4. The number of hydrogen-bond acceptors (Lipinski definition) is 4. The van der Waals surface area contributed by atoms with Crippen LogP contribution in [0.5, 0.6) is 0 Å². The van der Waals surface area contributed by atoms with Crippen molar-refractivity contribution < 1.29 is 4.79 Å². The Bertz CT molecular complexity index is 1030. The molecule has 138 valence electrons. The molecule has 3 aromatic rings. The Morgan fingerprint density at radius 2 is 1.70 bits per heavy atom. The summed E-state index contributed by atoms with van der Waals surface area (Å²) in [6.07, 6.45) is 0. The smallest absolute Gasteiger partial charge is 0.267 e. The van der Waals surface area contributed by atoms with E-state index in [1.54, 1.807) is 11.0 Å². The van der Waals surface area contributed by atoms with E-state index in [1.165, 1.54) is 10.7 Å². The summed E-state index contributed by atoms with van der Waals surface area (Å²) in [7, 11) is 2.04. The van der Waals surface area contributed by atoms with Crippen LogP contribution in [0.25, 0.3) is 22.0 Å². The minimum Gasteiger partial charge on any atom is -0.339 e. The van der Waals surface area contributed by atoms with Gasteiger partial charge in [-0.15, -0.1) is 0 Å². The maximum Gasteiger partial charge on any atom is 0.267 e. The Labute approximate surface area is 157 Å². The molecule has 0 N–H and O–H groups in total. The van der Waals surface area contributed by atoms with Crippen LogP contribution >= 0.6 is 0 Å². The van der Waals surface area contributed by atoms with Gasteiger partial charge >= 0.3 is 0 Å². The number of carbonyl (C=O) groups is 1. The molecule has 0 radical (unpaired) electrons. The second kappa shape index (κ2) is 7.32. The molecular formula is C21H22N4O2. The summed E-state index contributed by atoms with van der Waals surface area (Å²) in [6.45, 7) is 3.05. The van der Waals surface area contributed by atoms with E-state index < -0.39 is 0 Å². The van der Waals surface area contributed by atoms with Crippen LogP contribution in [0, 0.1) is 0 Å². The molecular weight excluding hydrogens is 340 g/mol. The number of amides is 1. The van der Waals surface area contributed by atoms with Gasteiger partial charge in [0.1, 0.15) is 6.54 Å². The minimum atomic E-state index is -0.263. The van der Waals surface area contributed by atoms with Gasteiger partial charge in [-0.25, -0.2) is 4.68 Å². The molecule has 1 aromatic heterocycles. The lowest BCUT2D eigenvalue weighted by atomic mass is 10.0.